The first-order valence-corrected chi connectivity index (χ1v) is 10.5. The number of hydrogen-bond donors (Lipinski definition) is 0. The maximum Gasteiger partial charge on any atom is 0.216 e. The van der Waals surface area contributed by atoms with Crippen LogP contribution < -0.4 is 4.74 Å². The van der Waals surface area contributed by atoms with E-state index in [1.165, 1.54) is 0 Å². The van der Waals surface area contributed by atoms with E-state index in [0.717, 1.165) is 5.56 Å². The van der Waals surface area contributed by atoms with E-state index in [1.54, 1.807) is 6.07 Å². The molecule has 29 heavy (non-hydrogen) atoms. The number of halogens is 3. The van der Waals surface area contributed by atoms with E-state index in [0.29, 0.717) is 17.1 Å². The van der Waals surface area contributed by atoms with Gasteiger partial charge in [0.05, 0.1) is 6.61 Å². The predicted octanol–water partition coefficient (Wildman–Crippen LogP) is 6.23. The Morgan fingerprint density at radius 3 is 2.41 bits per heavy atom. The van der Waals surface area contributed by atoms with Crippen LogP contribution in [0, 0.1) is 28.6 Å². The minimum atomic E-state index is -1.50. The quantitative estimate of drug-likeness (QED) is 0.504. The van der Waals surface area contributed by atoms with Crippen molar-refractivity contribution in [2.24, 2.45) is 17.3 Å². The highest BCUT2D eigenvalue weighted by atomic mass is 35.6. The van der Waals surface area contributed by atoms with Crippen molar-refractivity contribution in [2.75, 3.05) is 0 Å². The van der Waals surface area contributed by atoms with Crippen molar-refractivity contribution >= 4 is 34.8 Å². The van der Waals surface area contributed by atoms with Gasteiger partial charge in [0.1, 0.15) is 29.2 Å². The summed E-state index contributed by atoms with van der Waals surface area (Å²) in [5, 5.41) is 9.69. The van der Waals surface area contributed by atoms with Crippen molar-refractivity contribution < 1.29 is 14.2 Å². The summed E-state index contributed by atoms with van der Waals surface area (Å²) in [7, 11) is 0. The Balaban J connectivity index is 1.49. The fraction of sp³-hybridized carbons (Fsp3) is 0.409. The van der Waals surface area contributed by atoms with Crippen LogP contribution in [0.2, 0.25) is 0 Å². The minimum Gasteiger partial charge on any atom is -0.456 e. The normalized spacial score (nSPS) is 27.2. The molecule has 1 aliphatic carbocycles. The van der Waals surface area contributed by atoms with Crippen molar-refractivity contribution in [1.82, 2.24) is 0 Å². The van der Waals surface area contributed by atoms with Gasteiger partial charge >= 0.3 is 0 Å². The van der Waals surface area contributed by atoms with Gasteiger partial charge in [-0.2, -0.15) is 5.26 Å². The molecule has 152 valence electrons. The van der Waals surface area contributed by atoms with E-state index in [1.807, 2.05) is 42.5 Å². The Labute approximate surface area is 185 Å². The van der Waals surface area contributed by atoms with Crippen LogP contribution >= 0.6 is 34.8 Å². The van der Waals surface area contributed by atoms with Gasteiger partial charge in [-0.25, -0.2) is 0 Å². The number of fused-ring (bicyclic) bond motifs is 1. The summed E-state index contributed by atoms with van der Waals surface area (Å²) in [4.78, 5) is 0. The fourth-order valence-electron chi connectivity index (χ4n) is 4.25. The number of nitrogens with zero attached hydrogens (tertiary/aromatic N) is 1. The first-order valence-electron chi connectivity index (χ1n) is 9.32. The van der Waals surface area contributed by atoms with Crippen molar-refractivity contribution in [3.05, 3.63) is 59.7 Å². The zero-order chi connectivity index (χ0) is 20.8. The number of hydrogen-bond acceptors (Lipinski definition) is 4. The summed E-state index contributed by atoms with van der Waals surface area (Å²) in [6.07, 6.45) is -0.999. The highest BCUT2D eigenvalue weighted by Gasteiger charge is 2.73. The third-order valence-corrected chi connectivity index (χ3v) is 6.46. The maximum absolute atomic E-state index is 9.69. The highest BCUT2D eigenvalue weighted by molar-refractivity contribution is 6.68. The zero-order valence-electron chi connectivity index (χ0n) is 15.9. The lowest BCUT2D eigenvalue weighted by molar-refractivity contribution is -0.170. The van der Waals surface area contributed by atoms with Crippen LogP contribution in [0.1, 0.15) is 25.0 Å². The van der Waals surface area contributed by atoms with Crippen LogP contribution in [0.5, 0.6) is 11.5 Å². The maximum atomic E-state index is 9.69. The molecule has 1 heterocycles. The summed E-state index contributed by atoms with van der Waals surface area (Å²) in [5.41, 5.74) is 1.13. The summed E-state index contributed by atoms with van der Waals surface area (Å²) in [6, 6.07) is 17.0. The number of para-hydroxylation sites is 1. The predicted molar refractivity (Wildman–Crippen MR) is 112 cm³/mol. The van der Waals surface area contributed by atoms with Gasteiger partial charge < -0.3 is 14.2 Å². The number of benzene rings is 2. The molecule has 4 rings (SSSR count). The summed E-state index contributed by atoms with van der Waals surface area (Å²) >= 11 is 18.3. The van der Waals surface area contributed by atoms with Gasteiger partial charge in [0.2, 0.25) is 3.79 Å². The van der Waals surface area contributed by atoms with Gasteiger partial charge in [0.15, 0.2) is 6.29 Å². The smallest absolute Gasteiger partial charge is 0.216 e. The molecule has 2 aromatic rings. The van der Waals surface area contributed by atoms with Crippen LogP contribution in [0.15, 0.2) is 48.5 Å². The van der Waals surface area contributed by atoms with Crippen LogP contribution in [0.3, 0.4) is 0 Å². The Kier molecular flexibility index (Phi) is 5.48. The van der Waals surface area contributed by atoms with E-state index in [2.05, 4.69) is 19.9 Å². The van der Waals surface area contributed by atoms with Gasteiger partial charge in [0, 0.05) is 11.8 Å². The average Bonchev–Trinajstić information content (AvgIpc) is 3.02. The Morgan fingerprint density at radius 1 is 1.07 bits per heavy atom. The molecule has 0 bridgehead atoms. The van der Waals surface area contributed by atoms with Gasteiger partial charge in [0.25, 0.3) is 0 Å². The summed E-state index contributed by atoms with van der Waals surface area (Å²) < 4.78 is 16.3. The lowest BCUT2D eigenvalue weighted by Crippen LogP contribution is -2.34. The van der Waals surface area contributed by atoms with Gasteiger partial charge in [-0.1, -0.05) is 79.0 Å². The molecule has 1 aliphatic heterocycles. The van der Waals surface area contributed by atoms with Crippen LogP contribution in [0.25, 0.3) is 0 Å². The van der Waals surface area contributed by atoms with Crippen LogP contribution in [-0.4, -0.2) is 16.2 Å². The molecule has 2 aromatic carbocycles. The molecule has 1 saturated carbocycles. The topological polar surface area (TPSA) is 51.5 Å². The van der Waals surface area contributed by atoms with Crippen molar-refractivity contribution in [1.29, 1.82) is 5.26 Å². The standard InChI is InChI=1S/C22H20Cl3NO3/c1-21(2)17-18(21)20(29-19(17)22(23,24)25)27-12-13-7-6-10-16(15(13)11-26)28-14-8-4-3-5-9-14/h3-10,17-20H,12H2,1-2H3/t17-,18+,19+,20+/m0/s1. The van der Waals surface area contributed by atoms with Crippen molar-refractivity contribution in [3.8, 4) is 17.6 Å². The number of ether oxygens (including phenoxy) is 3. The van der Waals surface area contributed by atoms with E-state index in [9.17, 15) is 5.26 Å². The third-order valence-electron chi connectivity index (χ3n) is 5.82. The molecule has 7 heteroatoms. The third kappa shape index (κ3) is 3.95. The molecule has 0 N–H and O–H groups in total. The molecule has 0 spiro atoms. The lowest BCUT2D eigenvalue weighted by Gasteiger charge is -2.28. The SMILES string of the molecule is CC1(C)[C@H]2[C@H](OCc3cccc(Oc4ccccc4)c3C#N)O[C@@H](C(Cl)(Cl)Cl)[C@H]21. The number of nitriles is 1. The van der Waals surface area contributed by atoms with E-state index < -0.39 is 16.2 Å². The second kappa shape index (κ2) is 7.65. The fourth-order valence-corrected chi connectivity index (χ4v) is 4.81. The number of alkyl halides is 3. The Morgan fingerprint density at radius 2 is 1.79 bits per heavy atom. The van der Waals surface area contributed by atoms with E-state index in [-0.39, 0.29) is 23.9 Å². The second-order valence-corrected chi connectivity index (χ2v) is 10.3. The van der Waals surface area contributed by atoms with Crippen LogP contribution in [0.4, 0.5) is 0 Å². The molecule has 0 unspecified atom stereocenters. The van der Waals surface area contributed by atoms with Crippen molar-refractivity contribution in [3.63, 3.8) is 0 Å². The molecule has 0 radical (unpaired) electrons. The molecule has 2 fully saturated rings. The minimum absolute atomic E-state index is 0.0200. The largest absolute Gasteiger partial charge is 0.456 e. The molecule has 0 amide bonds. The first-order chi connectivity index (χ1) is 13.7. The molecule has 4 nitrogen and oxygen atoms in total. The van der Waals surface area contributed by atoms with Gasteiger partial charge in [-0.15, -0.1) is 0 Å². The zero-order valence-corrected chi connectivity index (χ0v) is 18.2. The highest BCUT2D eigenvalue weighted by Crippen LogP contribution is 2.69. The summed E-state index contributed by atoms with van der Waals surface area (Å²) in [6.45, 7) is 4.45. The van der Waals surface area contributed by atoms with Gasteiger partial charge in [-0.05, 0) is 29.2 Å². The average molecular weight is 453 g/mol. The lowest BCUT2D eigenvalue weighted by atomic mass is 10.1. The van der Waals surface area contributed by atoms with E-state index in [4.69, 9.17) is 49.0 Å². The first kappa shape index (κ1) is 20.8. The molecular formula is C22H20Cl3NO3. The van der Waals surface area contributed by atoms with E-state index >= 15 is 0 Å². The summed E-state index contributed by atoms with van der Waals surface area (Å²) in [5.74, 6) is 1.42. The van der Waals surface area contributed by atoms with Crippen molar-refractivity contribution in [2.45, 2.75) is 36.6 Å². The number of rotatable bonds is 5. The van der Waals surface area contributed by atoms with Crippen LogP contribution in [-0.2, 0) is 16.1 Å². The molecule has 4 atom stereocenters. The Bertz CT molecular complexity index is 937. The van der Waals surface area contributed by atoms with Gasteiger partial charge in [-0.3, -0.25) is 0 Å². The Hall–Kier alpha value is -1.48. The monoisotopic (exact) mass is 451 g/mol. The molecule has 0 aromatic heterocycles. The molecule has 2 aliphatic rings. The second-order valence-electron chi connectivity index (χ2n) is 7.97. The molecular weight excluding hydrogens is 433 g/mol. The molecule has 1 saturated heterocycles.